The fourth-order valence-electron chi connectivity index (χ4n) is 4.60. The number of benzene rings is 1. The number of piperazine rings is 1. The number of carbonyl (C=O) groups is 1. The summed E-state index contributed by atoms with van der Waals surface area (Å²) >= 11 is 0. The van der Waals surface area contributed by atoms with Gasteiger partial charge in [-0.3, -0.25) is 0 Å². The van der Waals surface area contributed by atoms with E-state index in [1.165, 1.54) is 13.0 Å². The van der Waals surface area contributed by atoms with Crippen LogP contribution in [0.4, 0.5) is 29.6 Å². The number of aryl methyl sites for hydroxylation is 1. The standard InChI is InChI=1S/C27H33F3N6O2/c1-16-19(8-7-9-22(16)27(28,29)30)17(2)32-24-20-14-23(31-15-21(20)18(3)33-34-24)35-10-12-36(13-11-35)25(37)38-26(4,5)6/h7-9,14-15,17H,10-13H2,1-6H3,(H,32,34)/t17-/m1/s1. The second kappa shape index (κ2) is 10.3. The molecule has 1 N–H and O–H groups in total. The molecule has 3 aromatic rings. The van der Waals surface area contributed by atoms with Crippen molar-refractivity contribution in [3.8, 4) is 0 Å². The molecule has 11 heteroatoms. The summed E-state index contributed by atoms with van der Waals surface area (Å²) in [5, 5.41) is 13.4. The number of nitrogens with one attached hydrogen (secondary N) is 1. The average Bonchev–Trinajstić information content (AvgIpc) is 2.84. The van der Waals surface area contributed by atoms with Gasteiger partial charge in [-0.2, -0.15) is 18.3 Å². The van der Waals surface area contributed by atoms with Gasteiger partial charge in [0.05, 0.1) is 17.3 Å². The van der Waals surface area contributed by atoms with E-state index in [-0.39, 0.29) is 11.7 Å². The highest BCUT2D eigenvalue weighted by Crippen LogP contribution is 2.36. The number of hydrogen-bond donors (Lipinski definition) is 1. The first-order valence-corrected chi connectivity index (χ1v) is 12.5. The number of hydrogen-bond acceptors (Lipinski definition) is 7. The predicted molar refractivity (Wildman–Crippen MR) is 140 cm³/mol. The lowest BCUT2D eigenvalue weighted by atomic mass is 9.97. The van der Waals surface area contributed by atoms with Crippen LogP contribution in [0.2, 0.25) is 0 Å². The number of rotatable bonds is 4. The minimum Gasteiger partial charge on any atom is -0.444 e. The smallest absolute Gasteiger partial charge is 0.416 e. The third-order valence-corrected chi connectivity index (χ3v) is 6.59. The van der Waals surface area contributed by atoms with Crippen molar-refractivity contribution in [3.05, 3.63) is 52.8 Å². The van der Waals surface area contributed by atoms with Crippen LogP contribution >= 0.6 is 0 Å². The van der Waals surface area contributed by atoms with Crippen LogP contribution in [0.1, 0.15) is 56.1 Å². The Bertz CT molecular complexity index is 1330. The van der Waals surface area contributed by atoms with E-state index in [9.17, 15) is 18.0 Å². The normalized spacial score (nSPS) is 15.5. The van der Waals surface area contributed by atoms with Gasteiger partial charge in [-0.1, -0.05) is 12.1 Å². The molecule has 204 valence electrons. The van der Waals surface area contributed by atoms with E-state index in [0.29, 0.717) is 43.3 Å². The maximum Gasteiger partial charge on any atom is 0.416 e. The lowest BCUT2D eigenvalue weighted by Gasteiger charge is -2.36. The Labute approximate surface area is 220 Å². The molecule has 0 saturated carbocycles. The number of fused-ring (bicyclic) bond motifs is 1. The molecule has 4 rings (SSSR count). The van der Waals surface area contributed by atoms with Gasteiger partial charge in [-0.25, -0.2) is 9.78 Å². The summed E-state index contributed by atoms with van der Waals surface area (Å²) < 4.78 is 45.8. The summed E-state index contributed by atoms with van der Waals surface area (Å²) in [5.41, 5.74) is 0.195. The molecule has 1 aliphatic heterocycles. The molecule has 0 bridgehead atoms. The molecule has 1 fully saturated rings. The van der Waals surface area contributed by atoms with Crippen LogP contribution in [-0.4, -0.2) is 58.0 Å². The van der Waals surface area contributed by atoms with E-state index >= 15 is 0 Å². The summed E-state index contributed by atoms with van der Waals surface area (Å²) in [6.07, 6.45) is -3.02. The van der Waals surface area contributed by atoms with Gasteiger partial charge < -0.3 is 19.9 Å². The average molecular weight is 531 g/mol. The van der Waals surface area contributed by atoms with Crippen molar-refractivity contribution < 1.29 is 22.7 Å². The zero-order valence-electron chi connectivity index (χ0n) is 22.5. The van der Waals surface area contributed by atoms with Crippen LogP contribution in [0.15, 0.2) is 30.5 Å². The third kappa shape index (κ3) is 5.92. The maximum absolute atomic E-state index is 13.5. The lowest BCUT2D eigenvalue weighted by molar-refractivity contribution is -0.138. The number of amides is 1. The van der Waals surface area contributed by atoms with Crippen molar-refractivity contribution >= 4 is 28.5 Å². The number of pyridine rings is 1. The van der Waals surface area contributed by atoms with Crippen molar-refractivity contribution in [2.75, 3.05) is 36.4 Å². The molecule has 0 radical (unpaired) electrons. The Morgan fingerprint density at radius 2 is 1.74 bits per heavy atom. The molecule has 1 saturated heterocycles. The topological polar surface area (TPSA) is 83.5 Å². The van der Waals surface area contributed by atoms with Crippen LogP contribution < -0.4 is 10.2 Å². The van der Waals surface area contributed by atoms with Gasteiger partial charge in [-0.15, -0.1) is 5.10 Å². The van der Waals surface area contributed by atoms with Crippen molar-refractivity contribution in [1.29, 1.82) is 0 Å². The molecule has 0 spiro atoms. The number of anilines is 2. The highest BCUT2D eigenvalue weighted by atomic mass is 19.4. The SMILES string of the molecule is Cc1c([C@@H](C)Nc2nnc(C)c3cnc(N4CCN(C(=O)OC(C)(C)C)CC4)cc23)cccc1C(F)(F)F. The quantitative estimate of drug-likeness (QED) is 0.450. The first kappa shape index (κ1) is 27.4. The zero-order valence-corrected chi connectivity index (χ0v) is 22.5. The summed E-state index contributed by atoms with van der Waals surface area (Å²) in [5.74, 6) is 1.19. The van der Waals surface area contributed by atoms with Crippen molar-refractivity contribution in [3.63, 3.8) is 0 Å². The van der Waals surface area contributed by atoms with Gasteiger partial charge in [0.15, 0.2) is 5.82 Å². The Balaban J connectivity index is 1.57. The van der Waals surface area contributed by atoms with Gasteiger partial charge >= 0.3 is 12.3 Å². The molecule has 1 aliphatic rings. The number of aromatic nitrogens is 3. The second-order valence-corrected chi connectivity index (χ2v) is 10.6. The molecule has 1 atom stereocenters. The highest BCUT2D eigenvalue weighted by molar-refractivity contribution is 5.94. The van der Waals surface area contributed by atoms with Gasteiger partial charge in [0, 0.05) is 43.1 Å². The molecular formula is C27H33F3N6O2. The lowest BCUT2D eigenvalue weighted by Crippen LogP contribution is -2.50. The molecule has 38 heavy (non-hydrogen) atoms. The largest absolute Gasteiger partial charge is 0.444 e. The third-order valence-electron chi connectivity index (χ3n) is 6.59. The fraction of sp³-hybridized carbons (Fsp3) is 0.481. The maximum atomic E-state index is 13.5. The van der Waals surface area contributed by atoms with E-state index in [4.69, 9.17) is 4.74 Å². The first-order chi connectivity index (χ1) is 17.7. The first-order valence-electron chi connectivity index (χ1n) is 12.5. The molecule has 3 heterocycles. The number of halogens is 3. The van der Waals surface area contributed by atoms with Gasteiger partial charge in [0.1, 0.15) is 11.4 Å². The highest BCUT2D eigenvalue weighted by Gasteiger charge is 2.33. The Kier molecular flexibility index (Phi) is 7.40. The van der Waals surface area contributed by atoms with Crippen molar-refractivity contribution in [2.45, 2.75) is 59.4 Å². The van der Waals surface area contributed by atoms with E-state index in [1.54, 1.807) is 24.1 Å². The number of alkyl halides is 3. The van der Waals surface area contributed by atoms with Gasteiger partial charge in [0.2, 0.25) is 0 Å². The Morgan fingerprint density at radius 3 is 2.37 bits per heavy atom. The van der Waals surface area contributed by atoms with Crippen molar-refractivity contribution in [2.24, 2.45) is 0 Å². The van der Waals surface area contributed by atoms with Gasteiger partial charge in [-0.05, 0) is 64.8 Å². The van der Waals surface area contributed by atoms with Crippen LogP contribution in [0.25, 0.3) is 10.8 Å². The van der Waals surface area contributed by atoms with Gasteiger partial charge in [0.25, 0.3) is 0 Å². The second-order valence-electron chi connectivity index (χ2n) is 10.6. The summed E-state index contributed by atoms with van der Waals surface area (Å²) in [7, 11) is 0. The fourth-order valence-corrected chi connectivity index (χ4v) is 4.60. The van der Waals surface area contributed by atoms with E-state index in [1.807, 2.05) is 33.8 Å². The predicted octanol–water partition coefficient (Wildman–Crippen LogP) is 5.89. The summed E-state index contributed by atoms with van der Waals surface area (Å²) in [4.78, 5) is 20.8. The van der Waals surface area contributed by atoms with E-state index in [0.717, 1.165) is 22.7 Å². The minimum atomic E-state index is -4.43. The molecule has 0 aliphatic carbocycles. The number of carbonyl (C=O) groups excluding carboxylic acids is 1. The number of ether oxygens (including phenoxy) is 1. The van der Waals surface area contributed by atoms with E-state index in [2.05, 4.69) is 25.4 Å². The summed E-state index contributed by atoms with van der Waals surface area (Å²) in [6, 6.07) is 5.65. The van der Waals surface area contributed by atoms with Crippen LogP contribution in [0, 0.1) is 13.8 Å². The molecule has 0 unspecified atom stereocenters. The van der Waals surface area contributed by atoms with Crippen LogP contribution in [-0.2, 0) is 10.9 Å². The van der Waals surface area contributed by atoms with E-state index < -0.39 is 23.4 Å². The van der Waals surface area contributed by atoms with Crippen LogP contribution in [0.3, 0.4) is 0 Å². The Morgan fingerprint density at radius 1 is 1.05 bits per heavy atom. The molecular weight excluding hydrogens is 497 g/mol. The number of nitrogens with zero attached hydrogens (tertiary/aromatic N) is 5. The minimum absolute atomic E-state index is 0.176. The molecule has 2 aromatic heterocycles. The molecule has 1 amide bonds. The zero-order chi connectivity index (χ0) is 27.8. The Hall–Kier alpha value is -3.63. The monoisotopic (exact) mass is 530 g/mol. The van der Waals surface area contributed by atoms with Crippen LogP contribution in [0.5, 0.6) is 0 Å². The summed E-state index contributed by atoms with van der Waals surface area (Å²) in [6.45, 7) is 12.8. The van der Waals surface area contributed by atoms with Crippen molar-refractivity contribution in [1.82, 2.24) is 20.1 Å². The molecule has 8 nitrogen and oxygen atoms in total. The molecule has 1 aromatic carbocycles.